The Labute approximate surface area is 134 Å². The lowest BCUT2D eigenvalue weighted by molar-refractivity contribution is 0.0358. The third-order valence-electron chi connectivity index (χ3n) is 3.75. The van der Waals surface area contributed by atoms with Gasteiger partial charge in [0, 0.05) is 11.1 Å². The Morgan fingerprint density at radius 1 is 0.818 bits per heavy atom. The average Bonchev–Trinajstić information content (AvgIpc) is 2.56. The summed E-state index contributed by atoms with van der Waals surface area (Å²) < 4.78 is 5.87. The fraction of sp³-hybridized carbons (Fsp3) is 0.333. The minimum Gasteiger partial charge on any atom is -0.374 e. The molecule has 0 heterocycles. The molecule has 2 rings (SSSR count). The number of hydrogen-bond donors (Lipinski definition) is 0. The van der Waals surface area contributed by atoms with Crippen LogP contribution in [0.3, 0.4) is 0 Å². The van der Waals surface area contributed by atoms with Crippen molar-refractivity contribution in [3.63, 3.8) is 0 Å². The maximum absolute atomic E-state index is 5.87. The van der Waals surface area contributed by atoms with E-state index in [1.54, 1.807) is 0 Å². The molecule has 0 saturated heterocycles. The highest BCUT2D eigenvalue weighted by atomic mass is 16.5. The van der Waals surface area contributed by atoms with E-state index in [0.29, 0.717) is 12.7 Å². The fourth-order valence-electron chi connectivity index (χ4n) is 2.20. The number of aryl methyl sites for hydroxylation is 1. The van der Waals surface area contributed by atoms with Gasteiger partial charge in [0.2, 0.25) is 0 Å². The first-order chi connectivity index (χ1) is 10.7. The number of ether oxygens (including phenoxy) is 1. The van der Waals surface area contributed by atoms with E-state index >= 15 is 0 Å². The molecule has 0 atom stereocenters. The maximum Gasteiger partial charge on any atom is 0.0720 e. The molecule has 0 radical (unpaired) electrons. The lowest BCUT2D eigenvalue weighted by atomic mass is 10.1. The van der Waals surface area contributed by atoms with Crippen molar-refractivity contribution in [1.82, 2.24) is 0 Å². The zero-order chi connectivity index (χ0) is 15.8. The van der Waals surface area contributed by atoms with Crippen LogP contribution in [0, 0.1) is 18.8 Å². The standard InChI is InChI=1S/C21H24O/c1-4-21(5-2)22-16-20-14-12-19(13-15-20)11-10-18-8-6-17(3)7-9-18/h6-9,12-15,21H,4-5,16H2,1-3H3. The van der Waals surface area contributed by atoms with E-state index in [2.05, 4.69) is 81.1 Å². The molecule has 0 amide bonds. The van der Waals surface area contributed by atoms with E-state index in [1.165, 1.54) is 11.1 Å². The van der Waals surface area contributed by atoms with Crippen molar-refractivity contribution in [1.29, 1.82) is 0 Å². The van der Waals surface area contributed by atoms with Crippen LogP contribution in [0.2, 0.25) is 0 Å². The van der Waals surface area contributed by atoms with Crippen molar-refractivity contribution in [2.45, 2.75) is 46.3 Å². The lowest BCUT2D eigenvalue weighted by Gasteiger charge is -2.13. The molecule has 0 aromatic heterocycles. The van der Waals surface area contributed by atoms with Gasteiger partial charge in [0.05, 0.1) is 12.7 Å². The second-order valence-corrected chi connectivity index (χ2v) is 5.56. The first kappa shape index (κ1) is 16.3. The third-order valence-corrected chi connectivity index (χ3v) is 3.75. The first-order valence-electron chi connectivity index (χ1n) is 8.00. The van der Waals surface area contributed by atoms with Crippen LogP contribution in [0.25, 0.3) is 0 Å². The summed E-state index contributed by atoms with van der Waals surface area (Å²) in [7, 11) is 0. The normalized spacial score (nSPS) is 10.4. The molecule has 0 unspecified atom stereocenters. The molecule has 1 nitrogen and oxygen atoms in total. The van der Waals surface area contributed by atoms with Gasteiger partial charge in [-0.2, -0.15) is 0 Å². The van der Waals surface area contributed by atoms with E-state index in [9.17, 15) is 0 Å². The summed E-state index contributed by atoms with van der Waals surface area (Å²) in [6.45, 7) is 7.09. The summed E-state index contributed by atoms with van der Waals surface area (Å²) in [4.78, 5) is 0. The predicted octanol–water partition coefficient (Wildman–Crippen LogP) is 5.10. The third kappa shape index (κ3) is 5.06. The summed E-state index contributed by atoms with van der Waals surface area (Å²) >= 11 is 0. The van der Waals surface area contributed by atoms with Gasteiger partial charge in [-0.15, -0.1) is 0 Å². The van der Waals surface area contributed by atoms with Crippen LogP contribution < -0.4 is 0 Å². The molecule has 2 aromatic rings. The Morgan fingerprint density at radius 3 is 1.82 bits per heavy atom. The second kappa shape index (κ2) is 8.41. The molecule has 0 aliphatic heterocycles. The summed E-state index contributed by atoms with van der Waals surface area (Å²) in [6.07, 6.45) is 2.49. The average molecular weight is 292 g/mol. The second-order valence-electron chi connectivity index (χ2n) is 5.56. The van der Waals surface area contributed by atoms with E-state index in [1.807, 2.05) is 0 Å². The largest absolute Gasteiger partial charge is 0.374 e. The lowest BCUT2D eigenvalue weighted by Crippen LogP contribution is -2.09. The minimum absolute atomic E-state index is 0.362. The summed E-state index contributed by atoms with van der Waals surface area (Å²) in [5, 5.41) is 0. The van der Waals surface area contributed by atoms with Crippen molar-refractivity contribution >= 4 is 0 Å². The fourth-order valence-corrected chi connectivity index (χ4v) is 2.20. The molecule has 0 N–H and O–H groups in total. The zero-order valence-electron chi connectivity index (χ0n) is 13.7. The molecular weight excluding hydrogens is 268 g/mol. The predicted molar refractivity (Wildman–Crippen MR) is 92.8 cm³/mol. The molecule has 0 spiro atoms. The Hall–Kier alpha value is -2.04. The molecule has 114 valence electrons. The van der Waals surface area contributed by atoms with Crippen molar-refractivity contribution in [2.75, 3.05) is 0 Å². The highest BCUT2D eigenvalue weighted by molar-refractivity contribution is 5.43. The van der Waals surface area contributed by atoms with Crippen LogP contribution in [0.1, 0.15) is 48.9 Å². The van der Waals surface area contributed by atoms with Gasteiger partial charge in [0.25, 0.3) is 0 Å². The van der Waals surface area contributed by atoms with Gasteiger partial charge >= 0.3 is 0 Å². The minimum atomic E-state index is 0.362. The Balaban J connectivity index is 1.96. The Kier molecular flexibility index (Phi) is 6.25. The van der Waals surface area contributed by atoms with Crippen LogP contribution in [-0.4, -0.2) is 6.10 Å². The van der Waals surface area contributed by atoms with E-state index in [-0.39, 0.29) is 0 Å². The first-order valence-corrected chi connectivity index (χ1v) is 8.00. The van der Waals surface area contributed by atoms with Crippen LogP contribution in [-0.2, 0) is 11.3 Å². The van der Waals surface area contributed by atoms with Gasteiger partial charge in [-0.25, -0.2) is 0 Å². The topological polar surface area (TPSA) is 9.23 Å². The smallest absolute Gasteiger partial charge is 0.0720 e. The molecule has 0 aliphatic carbocycles. The van der Waals surface area contributed by atoms with E-state index in [0.717, 1.165) is 24.0 Å². The number of rotatable bonds is 5. The molecule has 0 saturated carbocycles. The van der Waals surface area contributed by atoms with Gasteiger partial charge in [0.1, 0.15) is 0 Å². The molecule has 0 bridgehead atoms. The summed E-state index contributed by atoms with van der Waals surface area (Å²) in [5.74, 6) is 6.40. The highest BCUT2D eigenvalue weighted by Crippen LogP contribution is 2.10. The van der Waals surface area contributed by atoms with Gasteiger partial charge in [0.15, 0.2) is 0 Å². The van der Waals surface area contributed by atoms with Crippen LogP contribution >= 0.6 is 0 Å². The van der Waals surface area contributed by atoms with Crippen molar-refractivity contribution in [3.8, 4) is 11.8 Å². The molecular formula is C21H24O. The number of benzene rings is 2. The van der Waals surface area contributed by atoms with E-state index in [4.69, 9.17) is 4.74 Å². The van der Waals surface area contributed by atoms with Crippen LogP contribution in [0.4, 0.5) is 0 Å². The van der Waals surface area contributed by atoms with Gasteiger partial charge in [-0.3, -0.25) is 0 Å². The van der Waals surface area contributed by atoms with Gasteiger partial charge in [-0.1, -0.05) is 55.5 Å². The number of hydrogen-bond acceptors (Lipinski definition) is 1. The van der Waals surface area contributed by atoms with Crippen molar-refractivity contribution in [3.05, 3.63) is 70.8 Å². The highest BCUT2D eigenvalue weighted by Gasteiger charge is 2.03. The molecule has 22 heavy (non-hydrogen) atoms. The Morgan fingerprint density at radius 2 is 1.32 bits per heavy atom. The van der Waals surface area contributed by atoms with Crippen molar-refractivity contribution < 1.29 is 4.74 Å². The van der Waals surface area contributed by atoms with Crippen molar-refractivity contribution in [2.24, 2.45) is 0 Å². The monoisotopic (exact) mass is 292 g/mol. The molecule has 2 aromatic carbocycles. The Bertz CT molecular complexity index is 622. The summed E-state index contributed by atoms with van der Waals surface area (Å²) in [5.41, 5.74) is 4.54. The van der Waals surface area contributed by atoms with Gasteiger partial charge in [-0.05, 0) is 49.6 Å². The van der Waals surface area contributed by atoms with Crippen LogP contribution in [0.15, 0.2) is 48.5 Å². The molecule has 0 fully saturated rings. The summed E-state index contributed by atoms with van der Waals surface area (Å²) in [6, 6.07) is 16.6. The van der Waals surface area contributed by atoms with Crippen LogP contribution in [0.5, 0.6) is 0 Å². The van der Waals surface area contributed by atoms with Gasteiger partial charge < -0.3 is 4.74 Å². The quantitative estimate of drug-likeness (QED) is 0.697. The van der Waals surface area contributed by atoms with E-state index < -0.39 is 0 Å². The zero-order valence-corrected chi connectivity index (χ0v) is 13.7. The molecule has 1 heteroatoms. The molecule has 0 aliphatic rings. The SMILES string of the molecule is CCC(CC)OCc1ccc(C#Cc2ccc(C)cc2)cc1. The maximum atomic E-state index is 5.87.